The van der Waals surface area contributed by atoms with E-state index in [9.17, 15) is 0 Å². The van der Waals surface area contributed by atoms with Gasteiger partial charge in [-0.2, -0.15) is 0 Å². The van der Waals surface area contributed by atoms with E-state index in [0.717, 1.165) is 5.75 Å². The number of hydrogen-bond donors (Lipinski definition) is 1. The lowest BCUT2D eigenvalue weighted by atomic mass is 10.9. The second kappa shape index (κ2) is 2.07. The number of thioether (sulfide) groups is 1. The van der Waals surface area contributed by atoms with Crippen molar-refractivity contribution in [1.29, 1.82) is 0 Å². The minimum atomic E-state index is 0.389. The van der Waals surface area contributed by atoms with Crippen LogP contribution in [0.15, 0.2) is 5.16 Å². The van der Waals surface area contributed by atoms with Gasteiger partial charge >= 0.3 is 0 Å². The van der Waals surface area contributed by atoms with Crippen LogP contribution >= 0.6 is 11.8 Å². The van der Waals surface area contributed by atoms with Crippen LogP contribution in [0.5, 0.6) is 0 Å². The van der Waals surface area contributed by atoms with E-state index in [1.807, 2.05) is 0 Å². The van der Waals surface area contributed by atoms with Gasteiger partial charge in [0, 0.05) is 5.75 Å². The lowest BCUT2D eigenvalue weighted by Gasteiger charge is -1.86. The Labute approximate surface area is 45.3 Å². The summed E-state index contributed by atoms with van der Waals surface area (Å²) in [6, 6.07) is 0. The van der Waals surface area contributed by atoms with E-state index in [4.69, 9.17) is 9.94 Å². The molecule has 0 atom stereocenters. The predicted molar refractivity (Wildman–Crippen MR) is 27.6 cm³/mol. The zero-order valence-electron chi connectivity index (χ0n) is 3.63. The molecule has 1 rings (SSSR count). The lowest BCUT2D eigenvalue weighted by Crippen LogP contribution is -1.88. The molecule has 4 heteroatoms. The van der Waals surface area contributed by atoms with E-state index >= 15 is 0 Å². The van der Waals surface area contributed by atoms with Gasteiger partial charge in [0.1, 0.15) is 6.61 Å². The molecular weight excluding hydrogens is 114 g/mol. The molecule has 1 heterocycles. The highest BCUT2D eigenvalue weighted by Gasteiger charge is 2.08. The average Bonchev–Trinajstić information content (AvgIpc) is 2.14. The summed E-state index contributed by atoms with van der Waals surface area (Å²) in [6.45, 7) is 0.671. The van der Waals surface area contributed by atoms with Crippen LogP contribution in [0, 0.1) is 0 Å². The summed E-state index contributed by atoms with van der Waals surface area (Å²) < 4.78 is 4.77. The molecule has 0 aliphatic carbocycles. The van der Waals surface area contributed by atoms with Gasteiger partial charge in [-0.1, -0.05) is 11.8 Å². The zero-order valence-corrected chi connectivity index (χ0v) is 4.44. The number of nitrogens with zero attached hydrogens (tertiary/aromatic N) is 1. The largest absolute Gasteiger partial charge is 0.470 e. The second-order valence-corrected chi connectivity index (χ2v) is 2.11. The summed E-state index contributed by atoms with van der Waals surface area (Å²) in [5.41, 5.74) is 0. The number of hydrogen-bond acceptors (Lipinski definition) is 4. The second-order valence-electron chi connectivity index (χ2n) is 1.06. The van der Waals surface area contributed by atoms with E-state index in [0.29, 0.717) is 11.8 Å². The van der Waals surface area contributed by atoms with Crippen LogP contribution in [0.2, 0.25) is 0 Å². The van der Waals surface area contributed by atoms with Gasteiger partial charge in [0.25, 0.3) is 5.23 Å². The Morgan fingerprint density at radius 1 is 1.86 bits per heavy atom. The number of ether oxygens (including phenoxy) is 1. The Balaban J connectivity index is 2.41. The summed E-state index contributed by atoms with van der Waals surface area (Å²) in [7, 11) is 0. The standard InChI is InChI=1S/C3H5NO2S/c5-4-3-6-1-2-7-3/h5H,1-2H2/b4-3+. The SMILES string of the molecule is O/N=C1\OCCS1. The van der Waals surface area contributed by atoms with Gasteiger partial charge in [0.15, 0.2) is 0 Å². The third-order valence-electron chi connectivity index (χ3n) is 0.616. The highest BCUT2D eigenvalue weighted by molar-refractivity contribution is 8.13. The lowest BCUT2D eigenvalue weighted by molar-refractivity contribution is 0.280. The summed E-state index contributed by atoms with van der Waals surface area (Å²) in [4.78, 5) is 0. The van der Waals surface area contributed by atoms with Crippen LogP contribution in [0.3, 0.4) is 0 Å². The molecule has 1 N–H and O–H groups in total. The first-order valence-corrected chi connectivity index (χ1v) is 2.89. The maximum atomic E-state index is 8.01. The molecule has 0 amide bonds. The summed E-state index contributed by atoms with van der Waals surface area (Å²) >= 11 is 1.42. The molecule has 0 saturated carbocycles. The van der Waals surface area contributed by atoms with Crippen molar-refractivity contribution in [3.8, 4) is 0 Å². The van der Waals surface area contributed by atoms with Gasteiger partial charge in [-0.15, -0.1) is 0 Å². The average molecular weight is 119 g/mol. The van der Waals surface area contributed by atoms with Crippen LogP contribution in [-0.4, -0.2) is 22.8 Å². The maximum absolute atomic E-state index is 8.01. The van der Waals surface area contributed by atoms with Gasteiger partial charge in [-0.3, -0.25) is 0 Å². The van der Waals surface area contributed by atoms with Gasteiger partial charge in [0.2, 0.25) is 0 Å². The monoisotopic (exact) mass is 119 g/mol. The van der Waals surface area contributed by atoms with E-state index in [-0.39, 0.29) is 0 Å². The molecule has 0 spiro atoms. The highest BCUT2D eigenvalue weighted by atomic mass is 32.2. The first-order chi connectivity index (χ1) is 3.43. The molecule has 0 unspecified atom stereocenters. The van der Waals surface area contributed by atoms with Crippen molar-refractivity contribution in [1.82, 2.24) is 0 Å². The number of oxime groups is 1. The normalized spacial score (nSPS) is 25.4. The van der Waals surface area contributed by atoms with Crippen LogP contribution < -0.4 is 0 Å². The van der Waals surface area contributed by atoms with Gasteiger partial charge < -0.3 is 9.94 Å². The maximum Gasteiger partial charge on any atom is 0.286 e. The molecule has 7 heavy (non-hydrogen) atoms. The summed E-state index contributed by atoms with van der Waals surface area (Å²) in [5.74, 6) is 0.902. The predicted octanol–water partition coefficient (Wildman–Crippen LogP) is 0.495. The minimum absolute atomic E-state index is 0.389. The molecule has 40 valence electrons. The Morgan fingerprint density at radius 2 is 2.71 bits per heavy atom. The molecule has 0 aromatic rings. The fraction of sp³-hybridized carbons (Fsp3) is 0.667. The topological polar surface area (TPSA) is 41.8 Å². The minimum Gasteiger partial charge on any atom is -0.470 e. The zero-order chi connectivity index (χ0) is 5.11. The molecular formula is C3H5NO2S. The smallest absolute Gasteiger partial charge is 0.286 e. The number of rotatable bonds is 0. The van der Waals surface area contributed by atoms with Crippen LogP contribution in [0.25, 0.3) is 0 Å². The Kier molecular flexibility index (Phi) is 1.41. The third kappa shape index (κ3) is 0.991. The fourth-order valence-corrected chi connectivity index (χ4v) is 0.923. The molecule has 0 radical (unpaired) electrons. The quantitative estimate of drug-likeness (QED) is 0.373. The van der Waals surface area contributed by atoms with Crippen molar-refractivity contribution in [2.24, 2.45) is 5.16 Å². The molecule has 1 saturated heterocycles. The van der Waals surface area contributed by atoms with E-state index in [1.165, 1.54) is 11.8 Å². The first kappa shape index (κ1) is 4.77. The van der Waals surface area contributed by atoms with Crippen molar-refractivity contribution in [3.05, 3.63) is 0 Å². The van der Waals surface area contributed by atoms with E-state index in [1.54, 1.807) is 0 Å². The highest BCUT2D eigenvalue weighted by Crippen LogP contribution is 2.11. The van der Waals surface area contributed by atoms with Crippen molar-refractivity contribution >= 4 is 17.0 Å². The molecule has 3 nitrogen and oxygen atoms in total. The van der Waals surface area contributed by atoms with E-state index in [2.05, 4.69) is 5.16 Å². The van der Waals surface area contributed by atoms with Crippen molar-refractivity contribution < 1.29 is 9.94 Å². The van der Waals surface area contributed by atoms with Crippen LogP contribution in [-0.2, 0) is 4.74 Å². The van der Waals surface area contributed by atoms with Crippen molar-refractivity contribution in [2.75, 3.05) is 12.4 Å². The molecule has 0 aromatic heterocycles. The summed E-state index contributed by atoms with van der Waals surface area (Å²) in [5, 5.41) is 11.2. The molecule has 0 bridgehead atoms. The molecule has 1 aliphatic heterocycles. The van der Waals surface area contributed by atoms with E-state index < -0.39 is 0 Å². The van der Waals surface area contributed by atoms with Crippen molar-refractivity contribution in [3.63, 3.8) is 0 Å². The van der Waals surface area contributed by atoms with Crippen molar-refractivity contribution in [2.45, 2.75) is 0 Å². The summed E-state index contributed by atoms with van der Waals surface area (Å²) in [6.07, 6.45) is 0. The third-order valence-corrected chi connectivity index (χ3v) is 1.43. The molecule has 1 aliphatic rings. The molecule has 0 aromatic carbocycles. The molecule has 1 fully saturated rings. The first-order valence-electron chi connectivity index (χ1n) is 1.91. The Bertz CT molecular complexity index is 84.9. The van der Waals surface area contributed by atoms with Crippen LogP contribution in [0.1, 0.15) is 0 Å². The van der Waals surface area contributed by atoms with Crippen LogP contribution in [0.4, 0.5) is 0 Å². The van der Waals surface area contributed by atoms with Gasteiger partial charge in [-0.25, -0.2) is 0 Å². The van der Waals surface area contributed by atoms with Gasteiger partial charge in [-0.05, 0) is 5.16 Å². The Morgan fingerprint density at radius 3 is 3.00 bits per heavy atom. The fourth-order valence-electron chi connectivity index (χ4n) is 0.357. The Hall–Kier alpha value is -0.380. The van der Waals surface area contributed by atoms with Gasteiger partial charge in [0.05, 0.1) is 0 Å².